The third-order valence-corrected chi connectivity index (χ3v) is 1.92. The molecule has 0 saturated heterocycles. The second-order valence-electron chi connectivity index (χ2n) is 3.08. The lowest BCUT2D eigenvalue weighted by Crippen LogP contribution is -1.98. The van der Waals surface area contributed by atoms with Crippen molar-refractivity contribution in [2.45, 2.75) is 19.8 Å². The highest BCUT2D eigenvalue weighted by atomic mass is 15.6. The Kier molecular flexibility index (Phi) is 2.53. The zero-order chi connectivity index (χ0) is 9.80. The van der Waals surface area contributed by atoms with Crippen LogP contribution in [0, 0.1) is 0 Å². The molecule has 0 spiro atoms. The molecule has 2 rings (SSSR count). The van der Waals surface area contributed by atoms with Gasteiger partial charge in [0.15, 0.2) is 5.82 Å². The summed E-state index contributed by atoms with van der Waals surface area (Å²) in [6.07, 6.45) is 1.92. The van der Waals surface area contributed by atoms with E-state index in [1.165, 1.54) is 0 Å². The van der Waals surface area contributed by atoms with E-state index in [9.17, 15) is 0 Å². The Balaban J connectivity index is 2.25. The molecular weight excluding hydrogens is 176 g/mol. The summed E-state index contributed by atoms with van der Waals surface area (Å²) in [5, 5.41) is 12.2. The minimum Gasteiger partial charge on any atom is -0.131 e. The van der Waals surface area contributed by atoms with Crippen LogP contribution in [0.2, 0.25) is 0 Å². The number of para-hydroxylation sites is 1. The van der Waals surface area contributed by atoms with E-state index in [1.54, 1.807) is 4.80 Å². The summed E-state index contributed by atoms with van der Waals surface area (Å²) in [7, 11) is 0. The van der Waals surface area contributed by atoms with Crippen LogP contribution in [-0.2, 0) is 6.42 Å². The topological polar surface area (TPSA) is 43.6 Å². The van der Waals surface area contributed by atoms with Gasteiger partial charge in [-0.05, 0) is 23.8 Å². The fraction of sp³-hybridized carbons (Fsp3) is 0.300. The van der Waals surface area contributed by atoms with Crippen LogP contribution < -0.4 is 0 Å². The Bertz CT molecular complexity index is 394. The normalized spacial score (nSPS) is 10.4. The first kappa shape index (κ1) is 8.87. The molecule has 0 radical (unpaired) electrons. The maximum atomic E-state index is 4.26. The van der Waals surface area contributed by atoms with Gasteiger partial charge < -0.3 is 0 Å². The van der Waals surface area contributed by atoms with Gasteiger partial charge >= 0.3 is 0 Å². The van der Waals surface area contributed by atoms with Gasteiger partial charge in [0, 0.05) is 6.42 Å². The first-order valence-corrected chi connectivity index (χ1v) is 4.74. The number of hydrogen-bond acceptors (Lipinski definition) is 3. The van der Waals surface area contributed by atoms with E-state index in [4.69, 9.17) is 0 Å². The number of hydrogen-bond donors (Lipinski definition) is 0. The van der Waals surface area contributed by atoms with Gasteiger partial charge in [-0.25, -0.2) is 0 Å². The van der Waals surface area contributed by atoms with E-state index in [2.05, 4.69) is 22.3 Å². The molecule has 14 heavy (non-hydrogen) atoms. The number of aryl methyl sites for hydroxylation is 1. The smallest absolute Gasteiger partial charge is 0.131 e. The summed E-state index contributed by atoms with van der Waals surface area (Å²) in [5.74, 6) is 0.802. The summed E-state index contributed by atoms with van der Waals surface area (Å²) in [6.45, 7) is 2.10. The molecule has 0 fully saturated rings. The first-order chi connectivity index (χ1) is 6.90. The highest BCUT2D eigenvalue weighted by Crippen LogP contribution is 2.03. The standard InChI is InChI=1S/C10H12N4/c1-2-6-10-11-13-14(12-10)9-7-4-3-5-8-9/h3-5,7-8H,2,6H2,1H3. The molecule has 2 aromatic rings. The highest BCUT2D eigenvalue weighted by Gasteiger charge is 2.02. The van der Waals surface area contributed by atoms with Gasteiger partial charge in [-0.1, -0.05) is 25.1 Å². The zero-order valence-corrected chi connectivity index (χ0v) is 8.09. The molecule has 0 aliphatic carbocycles. The van der Waals surface area contributed by atoms with E-state index >= 15 is 0 Å². The number of tetrazole rings is 1. The molecule has 0 atom stereocenters. The quantitative estimate of drug-likeness (QED) is 0.735. The third kappa shape index (κ3) is 1.79. The SMILES string of the molecule is CCCc1nnn(-c2ccccc2)n1. The molecule has 0 amide bonds. The molecule has 1 aromatic heterocycles. The van der Waals surface area contributed by atoms with Crippen molar-refractivity contribution in [1.82, 2.24) is 20.2 Å². The van der Waals surface area contributed by atoms with Crippen LogP contribution in [0.15, 0.2) is 30.3 Å². The second-order valence-corrected chi connectivity index (χ2v) is 3.08. The molecule has 0 N–H and O–H groups in total. The minimum atomic E-state index is 0.802. The number of aromatic nitrogens is 4. The van der Waals surface area contributed by atoms with Crippen molar-refractivity contribution in [2.75, 3.05) is 0 Å². The Morgan fingerprint density at radius 1 is 1.21 bits per heavy atom. The fourth-order valence-corrected chi connectivity index (χ4v) is 1.24. The largest absolute Gasteiger partial charge is 0.175 e. The summed E-state index contributed by atoms with van der Waals surface area (Å²) >= 11 is 0. The fourth-order valence-electron chi connectivity index (χ4n) is 1.24. The predicted molar refractivity (Wildman–Crippen MR) is 53.1 cm³/mol. The summed E-state index contributed by atoms with van der Waals surface area (Å²) in [6, 6.07) is 9.79. The van der Waals surface area contributed by atoms with Gasteiger partial charge in [0.1, 0.15) is 0 Å². The number of benzene rings is 1. The van der Waals surface area contributed by atoms with E-state index in [-0.39, 0.29) is 0 Å². The molecule has 4 heteroatoms. The molecule has 4 nitrogen and oxygen atoms in total. The monoisotopic (exact) mass is 188 g/mol. The van der Waals surface area contributed by atoms with Crippen LogP contribution in [-0.4, -0.2) is 20.2 Å². The minimum absolute atomic E-state index is 0.802. The maximum absolute atomic E-state index is 4.26. The van der Waals surface area contributed by atoms with Crippen molar-refractivity contribution in [3.63, 3.8) is 0 Å². The second kappa shape index (κ2) is 4.00. The highest BCUT2D eigenvalue weighted by molar-refractivity contribution is 5.27. The van der Waals surface area contributed by atoms with Gasteiger partial charge in [-0.2, -0.15) is 0 Å². The van der Waals surface area contributed by atoms with Gasteiger partial charge in [0.25, 0.3) is 0 Å². The number of nitrogens with zero attached hydrogens (tertiary/aromatic N) is 4. The van der Waals surface area contributed by atoms with Crippen molar-refractivity contribution in [1.29, 1.82) is 0 Å². The van der Waals surface area contributed by atoms with Crippen LogP contribution >= 0.6 is 0 Å². The first-order valence-electron chi connectivity index (χ1n) is 4.74. The summed E-state index contributed by atoms with van der Waals surface area (Å²) < 4.78 is 0. The molecule has 1 aromatic carbocycles. The third-order valence-electron chi connectivity index (χ3n) is 1.92. The molecule has 0 aliphatic rings. The molecule has 0 bridgehead atoms. The van der Waals surface area contributed by atoms with Crippen molar-refractivity contribution in [3.8, 4) is 5.69 Å². The summed E-state index contributed by atoms with van der Waals surface area (Å²) in [4.78, 5) is 1.56. The van der Waals surface area contributed by atoms with Crippen molar-refractivity contribution in [2.24, 2.45) is 0 Å². The van der Waals surface area contributed by atoms with E-state index in [1.807, 2.05) is 30.3 Å². The summed E-state index contributed by atoms with van der Waals surface area (Å²) in [5.41, 5.74) is 0.947. The van der Waals surface area contributed by atoms with E-state index in [0.29, 0.717) is 0 Å². The van der Waals surface area contributed by atoms with Gasteiger partial charge in [-0.3, -0.25) is 0 Å². The Morgan fingerprint density at radius 2 is 2.00 bits per heavy atom. The average Bonchev–Trinajstić information content (AvgIpc) is 2.68. The van der Waals surface area contributed by atoms with Gasteiger partial charge in [0.2, 0.25) is 0 Å². The molecular formula is C10H12N4. The maximum Gasteiger partial charge on any atom is 0.175 e. The molecule has 0 aliphatic heterocycles. The molecule has 0 unspecified atom stereocenters. The van der Waals surface area contributed by atoms with Gasteiger partial charge in [0.05, 0.1) is 5.69 Å². The lowest BCUT2D eigenvalue weighted by atomic mass is 10.3. The van der Waals surface area contributed by atoms with Crippen molar-refractivity contribution < 1.29 is 0 Å². The average molecular weight is 188 g/mol. The number of rotatable bonds is 3. The predicted octanol–water partition coefficient (Wildman–Crippen LogP) is 1.61. The van der Waals surface area contributed by atoms with E-state index < -0.39 is 0 Å². The Hall–Kier alpha value is -1.71. The van der Waals surface area contributed by atoms with E-state index in [0.717, 1.165) is 24.4 Å². The van der Waals surface area contributed by atoms with Crippen molar-refractivity contribution >= 4 is 0 Å². The Labute approximate surface area is 82.6 Å². The van der Waals surface area contributed by atoms with Crippen LogP contribution in [0.25, 0.3) is 5.69 Å². The van der Waals surface area contributed by atoms with Crippen LogP contribution in [0.5, 0.6) is 0 Å². The molecule has 0 saturated carbocycles. The van der Waals surface area contributed by atoms with Crippen LogP contribution in [0.1, 0.15) is 19.2 Å². The lowest BCUT2D eigenvalue weighted by molar-refractivity contribution is 0.716. The van der Waals surface area contributed by atoms with Crippen LogP contribution in [0.4, 0.5) is 0 Å². The lowest BCUT2D eigenvalue weighted by Gasteiger charge is -1.95. The van der Waals surface area contributed by atoms with Gasteiger partial charge in [-0.15, -0.1) is 15.0 Å². The molecule has 1 heterocycles. The van der Waals surface area contributed by atoms with Crippen LogP contribution in [0.3, 0.4) is 0 Å². The molecule has 72 valence electrons. The zero-order valence-electron chi connectivity index (χ0n) is 8.09. The Morgan fingerprint density at radius 3 is 2.71 bits per heavy atom. The van der Waals surface area contributed by atoms with Crippen molar-refractivity contribution in [3.05, 3.63) is 36.2 Å².